The van der Waals surface area contributed by atoms with E-state index in [1.807, 2.05) is 37.3 Å². The quantitative estimate of drug-likeness (QED) is 0.768. The second-order valence-corrected chi connectivity index (χ2v) is 4.68. The minimum atomic E-state index is -1.01. The molecule has 2 heterocycles. The predicted molar refractivity (Wildman–Crippen MR) is 81.0 cm³/mol. The predicted octanol–water partition coefficient (Wildman–Crippen LogP) is 3.38. The average Bonchev–Trinajstić information content (AvgIpc) is 2.47. The summed E-state index contributed by atoms with van der Waals surface area (Å²) in [5.74, 6) is -1.01. The van der Waals surface area contributed by atoms with E-state index in [1.54, 1.807) is 12.3 Å². The highest BCUT2D eigenvalue weighted by molar-refractivity contribution is 5.98. The van der Waals surface area contributed by atoms with Crippen LogP contribution in [-0.4, -0.2) is 21.0 Å². The monoisotopic (exact) mass is 279 g/mol. The largest absolute Gasteiger partial charge is 0.478 e. The van der Waals surface area contributed by atoms with E-state index in [2.05, 4.69) is 15.3 Å². The molecule has 5 heteroatoms. The van der Waals surface area contributed by atoms with Crippen molar-refractivity contribution in [3.05, 3.63) is 60.0 Å². The van der Waals surface area contributed by atoms with Crippen LogP contribution in [0.15, 0.2) is 48.8 Å². The van der Waals surface area contributed by atoms with Gasteiger partial charge in [0.15, 0.2) is 0 Å². The van der Waals surface area contributed by atoms with E-state index in [1.165, 1.54) is 6.20 Å². The molecule has 0 unspecified atom stereocenters. The molecule has 0 saturated heterocycles. The smallest absolute Gasteiger partial charge is 0.339 e. The minimum absolute atomic E-state index is 0.140. The maximum Gasteiger partial charge on any atom is 0.339 e. The molecule has 0 aliphatic heterocycles. The van der Waals surface area contributed by atoms with Crippen molar-refractivity contribution >= 4 is 28.2 Å². The van der Waals surface area contributed by atoms with Gasteiger partial charge in [0.25, 0.3) is 0 Å². The molecule has 0 amide bonds. The maximum absolute atomic E-state index is 11.3. The van der Waals surface area contributed by atoms with Gasteiger partial charge in [-0.2, -0.15) is 0 Å². The van der Waals surface area contributed by atoms with E-state index in [0.717, 1.165) is 22.3 Å². The fourth-order valence-electron chi connectivity index (χ4n) is 2.19. The summed E-state index contributed by atoms with van der Waals surface area (Å²) in [6, 6.07) is 11.2. The number of anilines is 2. The number of nitrogens with zero attached hydrogens (tertiary/aromatic N) is 2. The number of benzene rings is 1. The molecule has 1 aromatic carbocycles. The molecule has 104 valence electrons. The number of carbonyl (C=O) groups is 1. The van der Waals surface area contributed by atoms with E-state index in [4.69, 9.17) is 0 Å². The summed E-state index contributed by atoms with van der Waals surface area (Å²) in [6.45, 7) is 1.82. The van der Waals surface area contributed by atoms with Gasteiger partial charge in [-0.25, -0.2) is 4.79 Å². The molecule has 0 bridgehead atoms. The fraction of sp³-hybridized carbons (Fsp3) is 0.0625. The Kier molecular flexibility index (Phi) is 3.23. The number of nitrogens with one attached hydrogen (secondary N) is 1. The molecule has 0 fully saturated rings. The molecule has 3 rings (SSSR count). The normalized spacial score (nSPS) is 10.5. The number of hydrogen-bond donors (Lipinski definition) is 2. The molecule has 0 atom stereocenters. The summed E-state index contributed by atoms with van der Waals surface area (Å²) in [4.78, 5) is 19.6. The number of aromatic nitrogens is 2. The van der Waals surface area contributed by atoms with Crippen molar-refractivity contribution < 1.29 is 9.90 Å². The number of pyridine rings is 2. The van der Waals surface area contributed by atoms with Crippen molar-refractivity contribution in [3.8, 4) is 0 Å². The highest BCUT2D eigenvalue weighted by atomic mass is 16.4. The zero-order chi connectivity index (χ0) is 14.8. The second-order valence-electron chi connectivity index (χ2n) is 4.68. The van der Waals surface area contributed by atoms with Gasteiger partial charge >= 0.3 is 5.97 Å². The van der Waals surface area contributed by atoms with Gasteiger partial charge in [0, 0.05) is 29.2 Å². The van der Waals surface area contributed by atoms with Gasteiger partial charge in [0.05, 0.1) is 11.2 Å². The van der Waals surface area contributed by atoms with Crippen LogP contribution in [0, 0.1) is 6.92 Å². The minimum Gasteiger partial charge on any atom is -0.478 e. The Balaban J connectivity index is 2.11. The van der Waals surface area contributed by atoms with E-state index in [9.17, 15) is 9.90 Å². The maximum atomic E-state index is 11.3. The van der Waals surface area contributed by atoms with Gasteiger partial charge in [-0.05, 0) is 37.3 Å². The Hall–Kier alpha value is -2.95. The lowest BCUT2D eigenvalue weighted by molar-refractivity contribution is 0.0697. The molecule has 0 spiro atoms. The highest BCUT2D eigenvalue weighted by Gasteiger charge is 2.12. The summed E-state index contributed by atoms with van der Waals surface area (Å²) in [5, 5.41) is 13.4. The van der Waals surface area contributed by atoms with E-state index in [-0.39, 0.29) is 5.56 Å². The zero-order valence-corrected chi connectivity index (χ0v) is 11.4. The van der Waals surface area contributed by atoms with Crippen LogP contribution in [0.2, 0.25) is 0 Å². The summed E-state index contributed by atoms with van der Waals surface area (Å²) in [7, 11) is 0. The molecular weight excluding hydrogens is 266 g/mol. The Morgan fingerprint density at radius 2 is 2.00 bits per heavy atom. The molecule has 0 saturated carbocycles. The van der Waals surface area contributed by atoms with Gasteiger partial charge in [-0.15, -0.1) is 0 Å². The lowest BCUT2D eigenvalue weighted by Gasteiger charge is -2.12. The molecule has 0 aliphatic carbocycles. The van der Waals surface area contributed by atoms with Gasteiger partial charge < -0.3 is 10.4 Å². The number of fused-ring (bicyclic) bond motifs is 1. The molecular formula is C16H13N3O2. The van der Waals surface area contributed by atoms with Crippen LogP contribution in [0.4, 0.5) is 11.4 Å². The van der Waals surface area contributed by atoms with Crippen LogP contribution in [0.3, 0.4) is 0 Å². The third-order valence-corrected chi connectivity index (χ3v) is 3.19. The Bertz CT molecular complexity index is 825. The van der Waals surface area contributed by atoms with Crippen molar-refractivity contribution in [3.63, 3.8) is 0 Å². The van der Waals surface area contributed by atoms with E-state index >= 15 is 0 Å². The van der Waals surface area contributed by atoms with Crippen LogP contribution < -0.4 is 5.32 Å². The summed E-state index contributed by atoms with van der Waals surface area (Å²) >= 11 is 0. The van der Waals surface area contributed by atoms with Crippen molar-refractivity contribution in [1.82, 2.24) is 9.97 Å². The number of aromatic carboxylic acids is 1. The topological polar surface area (TPSA) is 75.1 Å². The van der Waals surface area contributed by atoms with Crippen molar-refractivity contribution in [2.45, 2.75) is 6.92 Å². The molecule has 2 N–H and O–H groups in total. The number of aryl methyl sites for hydroxylation is 1. The second kappa shape index (κ2) is 5.20. The van der Waals surface area contributed by atoms with Crippen LogP contribution in [-0.2, 0) is 0 Å². The van der Waals surface area contributed by atoms with Gasteiger partial charge in [-0.3, -0.25) is 9.97 Å². The first kappa shape index (κ1) is 13.1. The van der Waals surface area contributed by atoms with Crippen molar-refractivity contribution in [2.24, 2.45) is 0 Å². The first-order chi connectivity index (χ1) is 10.1. The van der Waals surface area contributed by atoms with Crippen LogP contribution in [0.25, 0.3) is 10.9 Å². The third kappa shape index (κ3) is 2.53. The van der Waals surface area contributed by atoms with Crippen LogP contribution in [0.1, 0.15) is 16.1 Å². The summed E-state index contributed by atoms with van der Waals surface area (Å²) in [5.41, 5.74) is 3.08. The van der Waals surface area contributed by atoms with Crippen LogP contribution in [0.5, 0.6) is 0 Å². The van der Waals surface area contributed by atoms with Crippen molar-refractivity contribution in [1.29, 1.82) is 0 Å². The van der Waals surface area contributed by atoms with Crippen molar-refractivity contribution in [2.75, 3.05) is 5.32 Å². The first-order valence-electron chi connectivity index (χ1n) is 6.46. The van der Waals surface area contributed by atoms with Crippen LogP contribution >= 0.6 is 0 Å². The van der Waals surface area contributed by atoms with E-state index in [0.29, 0.717) is 5.69 Å². The molecule has 3 aromatic rings. The molecule has 21 heavy (non-hydrogen) atoms. The third-order valence-electron chi connectivity index (χ3n) is 3.19. The highest BCUT2D eigenvalue weighted by Crippen LogP contribution is 2.27. The Morgan fingerprint density at radius 3 is 2.81 bits per heavy atom. The summed E-state index contributed by atoms with van der Waals surface area (Å²) in [6.07, 6.45) is 3.09. The van der Waals surface area contributed by atoms with Gasteiger partial charge in [0.1, 0.15) is 5.56 Å². The zero-order valence-electron chi connectivity index (χ0n) is 11.4. The first-order valence-corrected chi connectivity index (χ1v) is 6.46. The average molecular weight is 279 g/mol. The Labute approximate surface area is 121 Å². The number of rotatable bonds is 3. The summed E-state index contributed by atoms with van der Waals surface area (Å²) < 4.78 is 0. The van der Waals surface area contributed by atoms with Gasteiger partial charge in [0.2, 0.25) is 0 Å². The number of carboxylic acid groups (broad SMARTS) is 1. The van der Waals surface area contributed by atoms with E-state index < -0.39 is 5.97 Å². The number of hydrogen-bond acceptors (Lipinski definition) is 4. The SMILES string of the molecule is Cc1cc(Nc2cccc3ncccc23)c(C(=O)O)cn1. The molecule has 0 aliphatic rings. The lowest BCUT2D eigenvalue weighted by Crippen LogP contribution is -2.04. The number of carboxylic acids is 1. The molecule has 2 aromatic heterocycles. The standard InChI is InChI=1S/C16H13N3O2/c1-10-8-15(12(9-18-10)16(20)21)19-14-6-2-5-13-11(14)4-3-7-17-13/h2-9H,1H3,(H,18,19)(H,20,21). The Morgan fingerprint density at radius 1 is 1.14 bits per heavy atom. The fourth-order valence-corrected chi connectivity index (χ4v) is 2.19. The molecule has 0 radical (unpaired) electrons. The molecule has 5 nitrogen and oxygen atoms in total. The van der Waals surface area contributed by atoms with Gasteiger partial charge in [-0.1, -0.05) is 6.07 Å². The lowest BCUT2D eigenvalue weighted by atomic mass is 10.1.